The van der Waals surface area contributed by atoms with E-state index in [4.69, 9.17) is 0 Å². The first-order valence-electron chi connectivity index (χ1n) is 22.3. The van der Waals surface area contributed by atoms with Gasteiger partial charge in [0.05, 0.1) is 5.69 Å². The molecule has 61 heavy (non-hydrogen) atoms. The zero-order valence-electron chi connectivity index (χ0n) is 38.8. The number of nitrogens with zero attached hydrogens (tertiary/aromatic N) is 1. The van der Waals surface area contributed by atoms with E-state index in [0.717, 1.165) is 0 Å². The number of anilines is 3. The van der Waals surface area contributed by atoms with Gasteiger partial charge < -0.3 is 4.90 Å². The van der Waals surface area contributed by atoms with E-state index in [2.05, 4.69) is 241 Å². The second-order valence-electron chi connectivity index (χ2n) is 22.0. The summed E-state index contributed by atoms with van der Waals surface area (Å²) >= 11 is 0. The Morgan fingerprint density at radius 2 is 0.721 bits per heavy atom. The van der Waals surface area contributed by atoms with Crippen molar-refractivity contribution in [2.45, 2.75) is 117 Å². The van der Waals surface area contributed by atoms with Crippen molar-refractivity contribution in [3.05, 3.63) is 185 Å². The van der Waals surface area contributed by atoms with Crippen LogP contribution in [0.25, 0.3) is 44.5 Å². The Kier molecular flexibility index (Phi) is 9.30. The van der Waals surface area contributed by atoms with Gasteiger partial charge in [-0.15, -0.1) is 0 Å². The van der Waals surface area contributed by atoms with Crippen molar-refractivity contribution in [3.63, 3.8) is 0 Å². The first-order chi connectivity index (χ1) is 28.7. The summed E-state index contributed by atoms with van der Waals surface area (Å²) in [5.74, 6) is 0. The van der Waals surface area contributed by atoms with Gasteiger partial charge in [0.2, 0.25) is 0 Å². The van der Waals surface area contributed by atoms with Crippen LogP contribution in [0.4, 0.5) is 17.1 Å². The molecule has 2 aliphatic rings. The number of benzene rings is 7. The summed E-state index contributed by atoms with van der Waals surface area (Å²) in [4.78, 5) is 2.58. The summed E-state index contributed by atoms with van der Waals surface area (Å²) in [6.07, 6.45) is 0. The fourth-order valence-corrected chi connectivity index (χ4v) is 10.1. The van der Waals surface area contributed by atoms with E-state index < -0.39 is 0 Å². The summed E-state index contributed by atoms with van der Waals surface area (Å²) in [6, 6.07) is 56.2. The van der Waals surface area contributed by atoms with E-state index in [1.807, 2.05) is 0 Å². The van der Waals surface area contributed by atoms with Crippen molar-refractivity contribution in [2.75, 3.05) is 4.90 Å². The number of hydrogen-bond donors (Lipinski definition) is 0. The Bertz CT molecular complexity index is 2730. The van der Waals surface area contributed by atoms with Crippen molar-refractivity contribution >= 4 is 17.1 Å². The Labute approximate surface area is 366 Å². The summed E-state index contributed by atoms with van der Waals surface area (Å²) in [7, 11) is 0. The van der Waals surface area contributed by atoms with Gasteiger partial charge in [0.25, 0.3) is 0 Å². The average molecular weight is 798 g/mol. The normalized spacial score (nSPS) is 14.9. The smallest absolute Gasteiger partial charge is 0.0543 e. The third-order valence-corrected chi connectivity index (χ3v) is 14.0. The van der Waals surface area contributed by atoms with Crippen LogP contribution in [0.3, 0.4) is 0 Å². The van der Waals surface area contributed by atoms with Crippen LogP contribution in [0.5, 0.6) is 0 Å². The molecule has 1 nitrogen and oxygen atoms in total. The van der Waals surface area contributed by atoms with Crippen molar-refractivity contribution in [1.82, 2.24) is 0 Å². The largest absolute Gasteiger partial charge is 0.310 e. The Balaban J connectivity index is 1.35. The zero-order valence-corrected chi connectivity index (χ0v) is 38.8. The maximum absolute atomic E-state index is 2.58. The molecule has 0 bridgehead atoms. The standard InChI is InChI=1S/C60H63N/c1-56(2,3)39-24-22-38(23-25-39)44-30-26-40(57(4,5)6)34-50(44)49-31-27-41(58(7,8)9)35-55(49)61(42-28-32-47-45-18-14-16-20-51(45)59(10,11)53(47)36-42)43-29-33-48-46-19-15-17-21-52(46)60(12,13)54(48)37-43/h14-37H,1-13H3. The van der Waals surface area contributed by atoms with Crippen LogP contribution in [0.15, 0.2) is 146 Å². The lowest BCUT2D eigenvalue weighted by Gasteiger charge is -2.33. The highest BCUT2D eigenvalue weighted by atomic mass is 15.1. The molecule has 0 unspecified atom stereocenters. The van der Waals surface area contributed by atoms with Gasteiger partial charge >= 0.3 is 0 Å². The number of rotatable bonds is 5. The molecular weight excluding hydrogens is 735 g/mol. The molecule has 1 heteroatoms. The Hall–Kier alpha value is -5.66. The predicted octanol–water partition coefficient (Wildman–Crippen LogP) is 17.0. The molecule has 0 amide bonds. The van der Waals surface area contributed by atoms with Crippen LogP contribution in [0.1, 0.15) is 129 Å². The minimum absolute atomic E-state index is 0.0320. The maximum atomic E-state index is 2.58. The summed E-state index contributed by atoms with van der Waals surface area (Å²) < 4.78 is 0. The molecule has 0 aliphatic heterocycles. The van der Waals surface area contributed by atoms with Gasteiger partial charge in [-0.2, -0.15) is 0 Å². The van der Waals surface area contributed by atoms with Gasteiger partial charge in [0.1, 0.15) is 0 Å². The second-order valence-corrected chi connectivity index (χ2v) is 22.0. The van der Waals surface area contributed by atoms with Crippen LogP contribution in [0.2, 0.25) is 0 Å². The number of fused-ring (bicyclic) bond motifs is 6. The first-order valence-corrected chi connectivity index (χ1v) is 22.3. The van der Waals surface area contributed by atoms with E-state index in [1.54, 1.807) is 0 Å². The van der Waals surface area contributed by atoms with Crippen LogP contribution < -0.4 is 4.90 Å². The molecule has 0 aromatic heterocycles. The second kappa shape index (κ2) is 13.9. The Morgan fingerprint density at radius 3 is 1.20 bits per heavy atom. The fraction of sp³-hybridized carbons (Fsp3) is 0.300. The highest BCUT2D eigenvalue weighted by molar-refractivity contribution is 5.96. The third kappa shape index (κ3) is 6.77. The zero-order chi connectivity index (χ0) is 43.4. The SMILES string of the molecule is CC(C)(C)c1ccc(-c2ccc(C(C)(C)C)cc2-c2ccc(C(C)(C)C)cc2N(c2ccc3c(c2)C(C)(C)c2ccccc2-3)c2ccc3c(c2)C(C)(C)c2ccccc2-3)cc1. The lowest BCUT2D eigenvalue weighted by molar-refractivity contribution is 0.589. The van der Waals surface area contributed by atoms with E-state index in [0.29, 0.717) is 0 Å². The van der Waals surface area contributed by atoms with E-state index in [1.165, 1.54) is 101 Å². The van der Waals surface area contributed by atoms with Crippen LogP contribution >= 0.6 is 0 Å². The minimum atomic E-state index is -0.140. The average Bonchev–Trinajstić information content (AvgIpc) is 3.59. The molecule has 0 saturated heterocycles. The molecular formula is C60H63N. The van der Waals surface area contributed by atoms with Crippen LogP contribution in [0, 0.1) is 0 Å². The monoisotopic (exact) mass is 797 g/mol. The molecule has 0 atom stereocenters. The van der Waals surface area contributed by atoms with Crippen LogP contribution in [-0.4, -0.2) is 0 Å². The summed E-state index contributed by atoms with van der Waals surface area (Å²) in [5, 5.41) is 0. The minimum Gasteiger partial charge on any atom is -0.310 e. The van der Waals surface area contributed by atoms with E-state index >= 15 is 0 Å². The van der Waals surface area contributed by atoms with Crippen molar-refractivity contribution in [3.8, 4) is 44.5 Å². The van der Waals surface area contributed by atoms with Gasteiger partial charge in [-0.1, -0.05) is 199 Å². The third-order valence-electron chi connectivity index (χ3n) is 14.0. The maximum Gasteiger partial charge on any atom is 0.0543 e. The van der Waals surface area contributed by atoms with Crippen molar-refractivity contribution in [2.24, 2.45) is 0 Å². The molecule has 0 heterocycles. The summed E-state index contributed by atoms with van der Waals surface area (Å²) in [5.41, 5.74) is 23.0. The van der Waals surface area contributed by atoms with Gasteiger partial charge in [-0.25, -0.2) is 0 Å². The highest BCUT2D eigenvalue weighted by Gasteiger charge is 2.38. The van der Waals surface area contributed by atoms with Gasteiger partial charge in [0.15, 0.2) is 0 Å². The molecule has 0 N–H and O–H groups in total. The molecule has 0 spiro atoms. The van der Waals surface area contributed by atoms with Gasteiger partial charge in [-0.3, -0.25) is 0 Å². The van der Waals surface area contributed by atoms with Gasteiger partial charge in [-0.05, 0) is 131 Å². The fourth-order valence-electron chi connectivity index (χ4n) is 10.1. The molecule has 0 radical (unpaired) electrons. The molecule has 308 valence electrons. The van der Waals surface area contributed by atoms with Gasteiger partial charge in [0, 0.05) is 27.8 Å². The lowest BCUT2D eigenvalue weighted by Crippen LogP contribution is -2.19. The predicted molar refractivity (Wildman–Crippen MR) is 263 cm³/mol. The quantitative estimate of drug-likeness (QED) is 0.168. The first kappa shape index (κ1) is 40.7. The lowest BCUT2D eigenvalue weighted by atomic mass is 9.80. The Morgan fingerprint density at radius 1 is 0.328 bits per heavy atom. The van der Waals surface area contributed by atoms with Crippen LogP contribution in [-0.2, 0) is 27.1 Å². The van der Waals surface area contributed by atoms with E-state index in [-0.39, 0.29) is 27.1 Å². The molecule has 0 saturated carbocycles. The van der Waals surface area contributed by atoms with Crippen molar-refractivity contribution in [1.29, 1.82) is 0 Å². The number of hydrogen-bond acceptors (Lipinski definition) is 1. The van der Waals surface area contributed by atoms with E-state index in [9.17, 15) is 0 Å². The molecule has 7 aromatic carbocycles. The molecule has 9 rings (SSSR count). The molecule has 0 fully saturated rings. The molecule has 2 aliphatic carbocycles. The highest BCUT2D eigenvalue weighted by Crippen LogP contribution is 2.54. The molecule has 7 aromatic rings. The van der Waals surface area contributed by atoms with Crippen molar-refractivity contribution < 1.29 is 0 Å². The topological polar surface area (TPSA) is 3.24 Å². The summed E-state index contributed by atoms with van der Waals surface area (Å²) in [6.45, 7) is 30.4.